The number of ether oxygens (including phenoxy) is 2. The van der Waals surface area contributed by atoms with Crippen LogP contribution in [0, 0.1) is 0 Å². The number of carbonyl (C=O) groups excluding carboxylic acids is 2. The SMILES string of the molecule is COC(=O)C1=C(C(=O)OC)C2(CSC(C)C)c3ccccc3C1c1ccccc12. The van der Waals surface area contributed by atoms with E-state index in [0.717, 1.165) is 22.3 Å². The van der Waals surface area contributed by atoms with Gasteiger partial charge in [0.15, 0.2) is 0 Å². The zero-order chi connectivity index (χ0) is 20.8. The normalized spacial score (nSPS) is 21.6. The first kappa shape index (κ1) is 19.8. The minimum Gasteiger partial charge on any atom is -0.466 e. The van der Waals surface area contributed by atoms with Gasteiger partial charge in [-0.1, -0.05) is 62.4 Å². The van der Waals surface area contributed by atoms with Gasteiger partial charge >= 0.3 is 11.9 Å². The molecule has 0 aliphatic heterocycles. The predicted molar refractivity (Wildman–Crippen MR) is 114 cm³/mol. The monoisotopic (exact) mass is 408 g/mol. The van der Waals surface area contributed by atoms with Gasteiger partial charge in [-0.05, 0) is 27.5 Å². The minimum atomic E-state index is -0.756. The Morgan fingerprint density at radius 3 is 1.93 bits per heavy atom. The number of thioether (sulfide) groups is 1. The molecular formula is C24H24O4S. The Morgan fingerprint density at radius 2 is 1.45 bits per heavy atom. The van der Waals surface area contributed by atoms with Crippen LogP contribution in [0.25, 0.3) is 0 Å². The molecule has 5 heteroatoms. The Labute approximate surface area is 175 Å². The van der Waals surface area contributed by atoms with Gasteiger partial charge in [-0.2, -0.15) is 11.8 Å². The van der Waals surface area contributed by atoms with E-state index in [-0.39, 0.29) is 5.92 Å². The molecule has 0 unspecified atom stereocenters. The third-order valence-electron chi connectivity index (χ3n) is 5.88. The third kappa shape index (κ3) is 2.75. The van der Waals surface area contributed by atoms with Crippen LogP contribution in [0.5, 0.6) is 0 Å². The highest BCUT2D eigenvalue weighted by atomic mass is 32.2. The van der Waals surface area contributed by atoms with Crippen molar-refractivity contribution in [2.45, 2.75) is 30.4 Å². The molecule has 0 amide bonds. The molecule has 0 fully saturated rings. The highest BCUT2D eigenvalue weighted by molar-refractivity contribution is 7.99. The van der Waals surface area contributed by atoms with Crippen molar-refractivity contribution in [2.75, 3.05) is 20.0 Å². The van der Waals surface area contributed by atoms with Gasteiger partial charge in [-0.15, -0.1) is 0 Å². The molecule has 0 saturated carbocycles. The van der Waals surface area contributed by atoms with Crippen molar-refractivity contribution >= 4 is 23.7 Å². The molecule has 0 heterocycles. The van der Waals surface area contributed by atoms with Crippen LogP contribution in [-0.2, 0) is 24.5 Å². The zero-order valence-corrected chi connectivity index (χ0v) is 17.8. The summed E-state index contributed by atoms with van der Waals surface area (Å²) in [5.41, 5.74) is 4.33. The molecule has 29 heavy (non-hydrogen) atoms. The fraction of sp³-hybridized carbons (Fsp3) is 0.333. The number of esters is 2. The Kier molecular flexibility index (Phi) is 5.03. The molecule has 0 N–H and O–H groups in total. The van der Waals surface area contributed by atoms with E-state index in [0.29, 0.717) is 22.1 Å². The second kappa shape index (κ2) is 7.38. The van der Waals surface area contributed by atoms with Crippen molar-refractivity contribution in [3.8, 4) is 0 Å². The van der Waals surface area contributed by atoms with Crippen LogP contribution in [0.2, 0.25) is 0 Å². The van der Waals surface area contributed by atoms with Crippen LogP contribution in [0.1, 0.15) is 42.0 Å². The maximum Gasteiger partial charge on any atom is 0.335 e. The number of rotatable bonds is 5. The highest BCUT2D eigenvalue weighted by Crippen LogP contribution is 2.60. The quantitative estimate of drug-likeness (QED) is 0.694. The Hall–Kier alpha value is -2.53. The lowest BCUT2D eigenvalue weighted by molar-refractivity contribution is -0.140. The number of hydrogen-bond donors (Lipinski definition) is 0. The summed E-state index contributed by atoms with van der Waals surface area (Å²) < 4.78 is 10.4. The summed E-state index contributed by atoms with van der Waals surface area (Å²) in [4.78, 5) is 26.2. The Bertz CT molecular complexity index is 974. The molecule has 2 bridgehead atoms. The van der Waals surface area contributed by atoms with Crippen molar-refractivity contribution in [1.29, 1.82) is 0 Å². The molecule has 2 aromatic carbocycles. The van der Waals surface area contributed by atoms with Gasteiger partial charge in [0.25, 0.3) is 0 Å². The van der Waals surface area contributed by atoms with E-state index < -0.39 is 17.4 Å². The molecule has 0 aromatic heterocycles. The van der Waals surface area contributed by atoms with E-state index in [1.807, 2.05) is 24.3 Å². The van der Waals surface area contributed by atoms with E-state index in [1.54, 1.807) is 11.8 Å². The second-order valence-electron chi connectivity index (χ2n) is 7.64. The van der Waals surface area contributed by atoms with E-state index >= 15 is 0 Å². The molecule has 3 aliphatic rings. The lowest BCUT2D eigenvalue weighted by Gasteiger charge is -2.50. The standard InChI is InChI=1S/C24H24O4S/c1-14(2)29-13-24-17-11-7-5-9-15(17)19(16-10-6-8-12-18(16)24)20(22(25)27-3)21(24)23(26)28-4/h5-12,14,19H,13H2,1-4H3. The second-order valence-corrected chi connectivity index (χ2v) is 9.21. The molecule has 0 atom stereocenters. The average Bonchev–Trinajstić information content (AvgIpc) is 2.76. The van der Waals surface area contributed by atoms with Gasteiger partial charge < -0.3 is 9.47 Å². The summed E-state index contributed by atoms with van der Waals surface area (Å²) in [6, 6.07) is 16.2. The Morgan fingerprint density at radius 1 is 0.931 bits per heavy atom. The predicted octanol–water partition coefficient (Wildman–Crippen LogP) is 4.22. The molecular weight excluding hydrogens is 384 g/mol. The molecule has 2 aromatic rings. The molecule has 0 saturated heterocycles. The summed E-state index contributed by atoms with van der Waals surface area (Å²) in [5, 5.41) is 0.365. The topological polar surface area (TPSA) is 52.6 Å². The first-order valence-electron chi connectivity index (χ1n) is 9.69. The first-order valence-corrected chi connectivity index (χ1v) is 10.7. The van der Waals surface area contributed by atoms with Crippen LogP contribution in [-0.4, -0.2) is 37.2 Å². The van der Waals surface area contributed by atoms with Gasteiger partial charge in [0.1, 0.15) is 0 Å². The first-order chi connectivity index (χ1) is 14.0. The van der Waals surface area contributed by atoms with Crippen molar-refractivity contribution in [3.05, 3.63) is 81.9 Å². The number of methoxy groups -OCH3 is 2. The fourth-order valence-electron chi connectivity index (χ4n) is 4.78. The van der Waals surface area contributed by atoms with E-state index in [2.05, 4.69) is 38.1 Å². The van der Waals surface area contributed by atoms with Crippen LogP contribution in [0.15, 0.2) is 59.7 Å². The molecule has 0 radical (unpaired) electrons. The van der Waals surface area contributed by atoms with Gasteiger partial charge in [0.05, 0.1) is 30.8 Å². The lowest BCUT2D eigenvalue weighted by Crippen LogP contribution is -2.48. The molecule has 150 valence electrons. The van der Waals surface area contributed by atoms with Crippen molar-refractivity contribution in [3.63, 3.8) is 0 Å². The molecule has 0 spiro atoms. The van der Waals surface area contributed by atoms with Crippen LogP contribution in [0.3, 0.4) is 0 Å². The zero-order valence-electron chi connectivity index (χ0n) is 17.0. The van der Waals surface area contributed by atoms with Crippen LogP contribution >= 0.6 is 11.8 Å². The summed E-state index contributed by atoms with van der Waals surface area (Å²) in [6.45, 7) is 4.27. The minimum absolute atomic E-state index is 0.338. The fourth-order valence-corrected chi connectivity index (χ4v) is 5.82. The van der Waals surface area contributed by atoms with Gasteiger partial charge in [-0.25, -0.2) is 9.59 Å². The van der Waals surface area contributed by atoms with E-state index in [4.69, 9.17) is 9.47 Å². The Balaban J connectivity index is 2.14. The summed E-state index contributed by atoms with van der Waals surface area (Å²) in [6.07, 6.45) is 0. The highest BCUT2D eigenvalue weighted by Gasteiger charge is 2.57. The van der Waals surface area contributed by atoms with Crippen LogP contribution < -0.4 is 0 Å². The summed E-state index contributed by atoms with van der Waals surface area (Å²) >= 11 is 1.77. The number of carbonyl (C=O) groups is 2. The maximum absolute atomic E-state index is 13.2. The number of hydrogen-bond acceptors (Lipinski definition) is 5. The smallest absolute Gasteiger partial charge is 0.335 e. The van der Waals surface area contributed by atoms with E-state index in [1.165, 1.54) is 14.2 Å². The van der Waals surface area contributed by atoms with Crippen molar-refractivity contribution in [2.24, 2.45) is 0 Å². The van der Waals surface area contributed by atoms with Gasteiger partial charge in [-0.3, -0.25) is 0 Å². The van der Waals surface area contributed by atoms with Crippen LogP contribution in [0.4, 0.5) is 0 Å². The molecule has 5 rings (SSSR count). The van der Waals surface area contributed by atoms with Crippen molar-refractivity contribution < 1.29 is 19.1 Å². The molecule has 4 nitrogen and oxygen atoms in total. The van der Waals surface area contributed by atoms with Crippen molar-refractivity contribution in [1.82, 2.24) is 0 Å². The maximum atomic E-state index is 13.2. The summed E-state index contributed by atoms with van der Waals surface area (Å²) in [5.74, 6) is -0.645. The van der Waals surface area contributed by atoms with E-state index in [9.17, 15) is 9.59 Å². The largest absolute Gasteiger partial charge is 0.466 e. The summed E-state index contributed by atoms with van der Waals surface area (Å²) in [7, 11) is 2.73. The third-order valence-corrected chi connectivity index (χ3v) is 7.14. The molecule has 3 aliphatic carbocycles. The number of benzene rings is 2. The van der Waals surface area contributed by atoms with Gasteiger partial charge in [0, 0.05) is 11.7 Å². The average molecular weight is 409 g/mol. The lowest BCUT2D eigenvalue weighted by atomic mass is 9.53. The van der Waals surface area contributed by atoms with Gasteiger partial charge in [0.2, 0.25) is 0 Å².